The zero-order valence-corrected chi connectivity index (χ0v) is 19.2. The van der Waals surface area contributed by atoms with Crippen LogP contribution < -0.4 is 10.6 Å². The predicted octanol–water partition coefficient (Wildman–Crippen LogP) is 3.10. The number of hydrogen-bond donors (Lipinski definition) is 2. The highest BCUT2D eigenvalue weighted by Gasteiger charge is 2.58. The predicted molar refractivity (Wildman–Crippen MR) is 112 cm³/mol. The van der Waals surface area contributed by atoms with E-state index in [2.05, 4.69) is 5.32 Å². The Morgan fingerprint density at radius 2 is 1.67 bits per heavy atom. The van der Waals surface area contributed by atoms with Crippen LogP contribution in [0, 0.1) is 34.9 Å². The van der Waals surface area contributed by atoms with Gasteiger partial charge < -0.3 is 5.32 Å². The molecule has 0 radical (unpaired) electrons. The van der Waals surface area contributed by atoms with Gasteiger partial charge in [0.25, 0.3) is 0 Å². The molecule has 2 aliphatic carbocycles. The second-order valence-electron chi connectivity index (χ2n) is 8.90. The summed E-state index contributed by atoms with van der Waals surface area (Å²) in [5.74, 6) is -2.53. The molecular weight excluding hydrogens is 519 g/mol. The van der Waals surface area contributed by atoms with Gasteiger partial charge >= 0.3 is 12.4 Å². The molecule has 2 saturated carbocycles. The third-order valence-electron chi connectivity index (χ3n) is 5.74. The number of sulfone groups is 1. The van der Waals surface area contributed by atoms with E-state index in [0.29, 0.717) is 43.0 Å². The van der Waals surface area contributed by atoms with Crippen LogP contribution in [0.25, 0.3) is 0 Å². The fraction of sp³-hybridized carbons (Fsp3) is 0.545. The van der Waals surface area contributed by atoms with Crippen LogP contribution in [0.2, 0.25) is 0 Å². The summed E-state index contributed by atoms with van der Waals surface area (Å²) in [4.78, 5) is 12.9. The molecule has 0 unspecified atom stereocenters. The molecule has 2 N–H and O–H groups in total. The van der Waals surface area contributed by atoms with Crippen LogP contribution in [0.5, 0.6) is 0 Å². The lowest BCUT2D eigenvalue weighted by Crippen LogP contribution is -2.62. The summed E-state index contributed by atoms with van der Waals surface area (Å²) >= 11 is 0. The molecular formula is C22H20F7N3O3S. The molecule has 14 heteroatoms. The molecule has 36 heavy (non-hydrogen) atoms. The normalized spacial score (nSPS) is 19.7. The average Bonchev–Trinajstić information content (AvgIpc) is 3.67. The van der Waals surface area contributed by atoms with Gasteiger partial charge in [0.05, 0.1) is 17.6 Å². The molecule has 2 atom stereocenters. The first kappa shape index (κ1) is 27.7. The molecule has 2 fully saturated rings. The van der Waals surface area contributed by atoms with Crippen molar-refractivity contribution in [2.24, 2.45) is 5.92 Å². The molecule has 1 aromatic rings. The number of nitriles is 1. The Labute approximate surface area is 202 Å². The van der Waals surface area contributed by atoms with E-state index in [4.69, 9.17) is 0 Å². The summed E-state index contributed by atoms with van der Waals surface area (Å²) in [5.41, 5.74) is -6.31. The van der Waals surface area contributed by atoms with Crippen LogP contribution in [0.3, 0.4) is 0 Å². The maximum absolute atomic E-state index is 14.5. The molecule has 196 valence electrons. The number of nitrogens with zero attached hydrogens (tertiary/aromatic N) is 1. The van der Waals surface area contributed by atoms with Gasteiger partial charge in [-0.15, -0.1) is 0 Å². The highest BCUT2D eigenvalue weighted by molar-refractivity contribution is 7.91. The summed E-state index contributed by atoms with van der Waals surface area (Å²) < 4.78 is 121. The highest BCUT2D eigenvalue weighted by Crippen LogP contribution is 2.40. The largest absolute Gasteiger partial charge is 0.457 e. The SMILES string of the molecule is N#CC1(NC(=O)[C@H](CS(=O)(=O)CC2CC2)N[C@@](C#CC(F)(F)F)(c2ccc(F)cc2)C(F)(F)F)CC1. The Balaban J connectivity index is 2.11. The number of benzene rings is 1. The number of hydrogen-bond acceptors (Lipinski definition) is 5. The monoisotopic (exact) mass is 539 g/mol. The van der Waals surface area contributed by atoms with Gasteiger partial charge in [0, 0.05) is 5.92 Å². The molecule has 0 bridgehead atoms. The van der Waals surface area contributed by atoms with Gasteiger partial charge in [-0.3, -0.25) is 10.1 Å². The van der Waals surface area contributed by atoms with Crippen LogP contribution >= 0.6 is 0 Å². The highest BCUT2D eigenvalue weighted by atomic mass is 32.2. The summed E-state index contributed by atoms with van der Waals surface area (Å²) in [6, 6.07) is 1.71. The molecule has 0 heterocycles. The van der Waals surface area contributed by atoms with Crippen LogP contribution in [-0.4, -0.2) is 49.8 Å². The van der Waals surface area contributed by atoms with E-state index in [0.717, 1.165) is 5.92 Å². The lowest BCUT2D eigenvalue weighted by molar-refractivity contribution is -0.184. The van der Waals surface area contributed by atoms with Crippen molar-refractivity contribution in [2.45, 2.75) is 55.2 Å². The van der Waals surface area contributed by atoms with Gasteiger partial charge in [-0.05, 0) is 49.3 Å². The lowest BCUT2D eigenvalue weighted by atomic mass is 9.88. The van der Waals surface area contributed by atoms with Gasteiger partial charge in [0.2, 0.25) is 11.4 Å². The Morgan fingerprint density at radius 1 is 1.08 bits per heavy atom. The van der Waals surface area contributed by atoms with Crippen molar-refractivity contribution in [3.05, 3.63) is 35.6 Å². The second kappa shape index (κ2) is 9.56. The summed E-state index contributed by atoms with van der Waals surface area (Å²) in [7, 11) is -4.16. The minimum atomic E-state index is -5.63. The number of nitrogens with one attached hydrogen (secondary N) is 2. The fourth-order valence-corrected chi connectivity index (χ4v) is 5.43. The van der Waals surface area contributed by atoms with Crippen LogP contribution in [0.15, 0.2) is 24.3 Å². The molecule has 1 amide bonds. The summed E-state index contributed by atoms with van der Waals surface area (Å²) in [6.45, 7) is 0. The maximum atomic E-state index is 14.5. The van der Waals surface area contributed by atoms with Crippen molar-refractivity contribution in [1.29, 1.82) is 5.26 Å². The third-order valence-corrected chi connectivity index (χ3v) is 7.56. The van der Waals surface area contributed by atoms with Crippen molar-refractivity contribution in [3.8, 4) is 17.9 Å². The first-order valence-corrected chi connectivity index (χ1v) is 12.5. The third kappa shape index (κ3) is 6.89. The standard InChI is InChI=1S/C22H20F7N3O3S/c23-16-5-3-15(4-6-16)20(22(27,28)29,9-10-21(24,25)26)31-17(12-36(34,35)11-14-1-2-14)18(33)32-19(13-30)7-8-19/h3-6,14,17,31H,1-2,7-8,11-12H2,(H,32,33)/t17-,20-/m0/s1. The molecule has 1 aromatic carbocycles. The van der Waals surface area contributed by atoms with E-state index >= 15 is 0 Å². The van der Waals surface area contributed by atoms with Crippen LogP contribution in [-0.2, 0) is 20.2 Å². The van der Waals surface area contributed by atoms with Gasteiger partial charge in [-0.25, -0.2) is 12.8 Å². The second-order valence-corrected chi connectivity index (χ2v) is 11.1. The zero-order valence-electron chi connectivity index (χ0n) is 18.4. The van der Waals surface area contributed by atoms with E-state index in [1.807, 2.05) is 0 Å². The van der Waals surface area contributed by atoms with E-state index in [9.17, 15) is 49.2 Å². The van der Waals surface area contributed by atoms with Gasteiger partial charge in [-0.2, -0.15) is 31.6 Å². The number of halogens is 7. The first-order valence-electron chi connectivity index (χ1n) is 10.7. The topological polar surface area (TPSA) is 99.1 Å². The van der Waals surface area contributed by atoms with E-state index in [1.165, 1.54) is 0 Å². The van der Waals surface area contributed by atoms with Crippen molar-refractivity contribution < 1.29 is 43.9 Å². The molecule has 0 saturated heterocycles. The number of alkyl halides is 6. The zero-order chi connectivity index (χ0) is 27.0. The number of carbonyl (C=O) groups excluding carboxylic acids is 1. The van der Waals surface area contributed by atoms with Crippen molar-refractivity contribution in [1.82, 2.24) is 10.6 Å². The smallest absolute Gasteiger partial charge is 0.336 e. The minimum absolute atomic E-state index is 0.160. The number of amides is 1. The van der Waals surface area contributed by atoms with Crippen LogP contribution in [0.4, 0.5) is 30.7 Å². The molecule has 6 nitrogen and oxygen atoms in total. The Hall–Kier alpha value is -2.84. The van der Waals surface area contributed by atoms with Crippen molar-refractivity contribution >= 4 is 15.7 Å². The van der Waals surface area contributed by atoms with E-state index < -0.39 is 68.1 Å². The van der Waals surface area contributed by atoms with Gasteiger partial charge in [0.1, 0.15) is 17.4 Å². The minimum Gasteiger partial charge on any atom is -0.336 e. The fourth-order valence-electron chi connectivity index (χ4n) is 3.50. The summed E-state index contributed by atoms with van der Waals surface area (Å²) in [6.07, 6.45) is -9.55. The first-order chi connectivity index (χ1) is 16.5. The lowest BCUT2D eigenvalue weighted by Gasteiger charge is -2.36. The number of carbonyl (C=O) groups is 1. The maximum Gasteiger partial charge on any atom is 0.457 e. The Morgan fingerprint density at radius 3 is 2.11 bits per heavy atom. The molecule has 0 aliphatic heterocycles. The Bertz CT molecular complexity index is 1200. The molecule has 0 aromatic heterocycles. The van der Waals surface area contributed by atoms with E-state index in [-0.39, 0.29) is 18.8 Å². The average molecular weight is 539 g/mol. The van der Waals surface area contributed by atoms with Gasteiger partial charge in [0.15, 0.2) is 9.84 Å². The molecule has 0 spiro atoms. The quantitative estimate of drug-likeness (QED) is 0.371. The van der Waals surface area contributed by atoms with E-state index in [1.54, 1.807) is 11.4 Å². The number of rotatable bonds is 9. The van der Waals surface area contributed by atoms with Crippen molar-refractivity contribution in [2.75, 3.05) is 11.5 Å². The summed E-state index contributed by atoms with van der Waals surface area (Å²) in [5, 5.41) is 13.1. The molecule has 3 rings (SSSR count). The Kier molecular flexibility index (Phi) is 7.37. The van der Waals surface area contributed by atoms with Crippen LogP contribution in [0.1, 0.15) is 31.2 Å². The van der Waals surface area contributed by atoms with Gasteiger partial charge in [-0.1, -0.05) is 18.1 Å². The van der Waals surface area contributed by atoms with Crippen molar-refractivity contribution in [3.63, 3.8) is 0 Å². The molecule has 2 aliphatic rings.